The van der Waals surface area contributed by atoms with Crippen molar-refractivity contribution in [2.45, 2.75) is 65.0 Å². The molecule has 17 heavy (non-hydrogen) atoms. The van der Waals surface area contributed by atoms with Crippen molar-refractivity contribution in [3.8, 4) is 0 Å². The molecule has 4 heteroatoms. The van der Waals surface area contributed by atoms with Gasteiger partial charge in [-0.1, -0.05) is 13.3 Å². The fraction of sp³-hybridized carbons (Fsp3) is 0.846. The van der Waals surface area contributed by atoms with Crippen molar-refractivity contribution < 1.29 is 14.3 Å². The first-order chi connectivity index (χ1) is 7.83. The molecule has 0 spiro atoms. The quantitative estimate of drug-likeness (QED) is 0.746. The Balaban J connectivity index is 2.66. The van der Waals surface area contributed by atoms with Crippen molar-refractivity contribution in [3.63, 3.8) is 0 Å². The van der Waals surface area contributed by atoms with Crippen LogP contribution in [0.4, 0.5) is 4.79 Å². The molecule has 0 N–H and O–H groups in total. The smallest absolute Gasteiger partial charge is 0.410 e. The SMILES string of the molecule is CCCC1CC(=O)CCN1C(=O)OC(C)(C)C. The van der Waals surface area contributed by atoms with E-state index in [1.54, 1.807) is 4.90 Å². The number of ether oxygens (including phenoxy) is 1. The van der Waals surface area contributed by atoms with Crippen LogP contribution in [0.2, 0.25) is 0 Å². The lowest BCUT2D eigenvalue weighted by Gasteiger charge is -2.36. The van der Waals surface area contributed by atoms with E-state index in [4.69, 9.17) is 4.74 Å². The molecule has 0 aliphatic carbocycles. The van der Waals surface area contributed by atoms with Crippen molar-refractivity contribution >= 4 is 11.9 Å². The lowest BCUT2D eigenvalue weighted by Crippen LogP contribution is -2.48. The van der Waals surface area contributed by atoms with Crippen molar-refractivity contribution in [1.29, 1.82) is 0 Å². The van der Waals surface area contributed by atoms with E-state index in [0.717, 1.165) is 12.8 Å². The number of amides is 1. The van der Waals surface area contributed by atoms with Gasteiger partial charge in [0, 0.05) is 25.4 Å². The minimum Gasteiger partial charge on any atom is -0.444 e. The monoisotopic (exact) mass is 241 g/mol. The zero-order valence-electron chi connectivity index (χ0n) is 11.3. The largest absolute Gasteiger partial charge is 0.444 e. The molecular weight excluding hydrogens is 218 g/mol. The summed E-state index contributed by atoms with van der Waals surface area (Å²) in [5.41, 5.74) is -0.477. The van der Waals surface area contributed by atoms with Crippen LogP contribution in [-0.4, -0.2) is 35.0 Å². The number of rotatable bonds is 2. The molecule has 98 valence electrons. The molecule has 1 saturated heterocycles. The summed E-state index contributed by atoms with van der Waals surface area (Å²) in [5, 5.41) is 0. The number of Topliss-reactive ketones (excluding diaryl/α,β-unsaturated/α-hetero) is 1. The van der Waals surface area contributed by atoms with Gasteiger partial charge in [-0.25, -0.2) is 4.79 Å². The zero-order chi connectivity index (χ0) is 13.1. The number of piperidine rings is 1. The molecule has 1 aliphatic heterocycles. The van der Waals surface area contributed by atoms with Gasteiger partial charge < -0.3 is 9.64 Å². The lowest BCUT2D eigenvalue weighted by atomic mass is 9.98. The van der Waals surface area contributed by atoms with E-state index in [0.29, 0.717) is 19.4 Å². The van der Waals surface area contributed by atoms with Gasteiger partial charge in [-0.05, 0) is 27.2 Å². The maximum absolute atomic E-state index is 12.0. The molecule has 0 bridgehead atoms. The molecule has 4 nitrogen and oxygen atoms in total. The highest BCUT2D eigenvalue weighted by atomic mass is 16.6. The Kier molecular flexibility index (Phi) is 4.54. The summed E-state index contributed by atoms with van der Waals surface area (Å²) in [7, 11) is 0. The highest BCUT2D eigenvalue weighted by Crippen LogP contribution is 2.21. The van der Waals surface area contributed by atoms with Crippen LogP contribution in [0, 0.1) is 0 Å². The van der Waals surface area contributed by atoms with Crippen LogP contribution in [0.5, 0.6) is 0 Å². The predicted molar refractivity (Wildman–Crippen MR) is 65.9 cm³/mol. The van der Waals surface area contributed by atoms with Crippen LogP contribution in [0.1, 0.15) is 53.4 Å². The molecule has 1 unspecified atom stereocenters. The molecule has 0 aromatic carbocycles. The second-order valence-electron chi connectivity index (χ2n) is 5.61. The van der Waals surface area contributed by atoms with Gasteiger partial charge in [0.1, 0.15) is 11.4 Å². The molecule has 1 fully saturated rings. The molecule has 1 aliphatic rings. The van der Waals surface area contributed by atoms with Crippen molar-refractivity contribution in [2.24, 2.45) is 0 Å². The highest BCUT2D eigenvalue weighted by molar-refractivity contribution is 5.82. The fourth-order valence-corrected chi connectivity index (χ4v) is 2.05. The highest BCUT2D eigenvalue weighted by Gasteiger charge is 2.32. The van der Waals surface area contributed by atoms with Crippen LogP contribution in [0.25, 0.3) is 0 Å². The standard InChI is InChI=1S/C13H23NO3/c1-5-6-10-9-11(15)7-8-14(10)12(16)17-13(2,3)4/h10H,5-9H2,1-4H3. The molecule has 0 radical (unpaired) electrons. The van der Waals surface area contributed by atoms with Crippen molar-refractivity contribution in [3.05, 3.63) is 0 Å². The first kappa shape index (κ1) is 14.0. The van der Waals surface area contributed by atoms with E-state index in [1.807, 2.05) is 20.8 Å². The average Bonchev–Trinajstić information content (AvgIpc) is 2.15. The minimum absolute atomic E-state index is 0.0242. The van der Waals surface area contributed by atoms with Crippen molar-refractivity contribution in [2.75, 3.05) is 6.54 Å². The van der Waals surface area contributed by atoms with Crippen LogP contribution < -0.4 is 0 Å². The summed E-state index contributed by atoms with van der Waals surface area (Å²) < 4.78 is 5.36. The number of likely N-dealkylation sites (tertiary alicyclic amines) is 1. The van der Waals surface area contributed by atoms with E-state index in [1.165, 1.54) is 0 Å². The Hall–Kier alpha value is -1.06. The lowest BCUT2D eigenvalue weighted by molar-refractivity contribution is -0.123. The summed E-state index contributed by atoms with van der Waals surface area (Å²) in [6.45, 7) is 8.13. The maximum Gasteiger partial charge on any atom is 0.410 e. The minimum atomic E-state index is -0.477. The van der Waals surface area contributed by atoms with E-state index in [2.05, 4.69) is 6.92 Å². The number of nitrogens with zero attached hydrogens (tertiary/aromatic N) is 1. The van der Waals surface area contributed by atoms with Crippen molar-refractivity contribution in [1.82, 2.24) is 4.90 Å². The molecule has 1 atom stereocenters. The van der Waals surface area contributed by atoms with E-state index in [9.17, 15) is 9.59 Å². The number of carbonyl (C=O) groups is 2. The Morgan fingerprint density at radius 3 is 2.65 bits per heavy atom. The second-order valence-corrected chi connectivity index (χ2v) is 5.61. The number of hydrogen-bond acceptors (Lipinski definition) is 3. The first-order valence-corrected chi connectivity index (χ1v) is 6.35. The fourth-order valence-electron chi connectivity index (χ4n) is 2.05. The third-order valence-electron chi connectivity index (χ3n) is 2.79. The van der Waals surface area contributed by atoms with Gasteiger partial charge in [-0.3, -0.25) is 4.79 Å². The van der Waals surface area contributed by atoms with Gasteiger partial charge in [0.05, 0.1) is 0 Å². The van der Waals surface area contributed by atoms with Gasteiger partial charge in [0.2, 0.25) is 0 Å². The van der Waals surface area contributed by atoms with Gasteiger partial charge >= 0.3 is 6.09 Å². The summed E-state index contributed by atoms with van der Waals surface area (Å²) in [6, 6.07) is 0.0242. The molecule has 1 rings (SSSR count). The summed E-state index contributed by atoms with van der Waals surface area (Å²) >= 11 is 0. The van der Waals surface area contributed by atoms with Crippen LogP contribution in [0.15, 0.2) is 0 Å². The molecule has 0 aromatic rings. The molecule has 1 amide bonds. The van der Waals surface area contributed by atoms with Crippen LogP contribution >= 0.6 is 0 Å². The van der Waals surface area contributed by atoms with Gasteiger partial charge in [-0.2, -0.15) is 0 Å². The third-order valence-corrected chi connectivity index (χ3v) is 2.79. The van der Waals surface area contributed by atoms with Gasteiger partial charge in [0.25, 0.3) is 0 Å². The average molecular weight is 241 g/mol. The third kappa shape index (κ3) is 4.36. The van der Waals surface area contributed by atoms with Crippen LogP contribution in [-0.2, 0) is 9.53 Å². The molecule has 0 saturated carbocycles. The topological polar surface area (TPSA) is 46.6 Å². The molecule has 0 aromatic heterocycles. The first-order valence-electron chi connectivity index (χ1n) is 6.35. The normalized spacial score (nSPS) is 21.5. The summed E-state index contributed by atoms with van der Waals surface area (Å²) in [4.78, 5) is 25.1. The Bertz CT molecular complexity index is 294. The number of carbonyl (C=O) groups excluding carboxylic acids is 2. The van der Waals surface area contributed by atoms with E-state index < -0.39 is 5.60 Å². The van der Waals surface area contributed by atoms with Gasteiger partial charge in [-0.15, -0.1) is 0 Å². The number of ketones is 1. The molecular formula is C13H23NO3. The summed E-state index contributed by atoms with van der Waals surface area (Å²) in [6.07, 6.45) is 2.48. The van der Waals surface area contributed by atoms with E-state index in [-0.39, 0.29) is 17.9 Å². The van der Waals surface area contributed by atoms with Gasteiger partial charge in [0.15, 0.2) is 0 Å². The zero-order valence-corrected chi connectivity index (χ0v) is 11.3. The Morgan fingerprint density at radius 2 is 2.12 bits per heavy atom. The van der Waals surface area contributed by atoms with E-state index >= 15 is 0 Å². The predicted octanol–water partition coefficient (Wildman–Crippen LogP) is 2.76. The maximum atomic E-state index is 12.0. The Morgan fingerprint density at radius 1 is 1.47 bits per heavy atom. The molecule has 1 heterocycles. The second kappa shape index (κ2) is 5.52. The summed E-state index contributed by atoms with van der Waals surface area (Å²) in [5.74, 6) is 0.253. The number of hydrogen-bond donors (Lipinski definition) is 0. The Labute approximate surface area is 103 Å². The van der Waals surface area contributed by atoms with Crippen LogP contribution in [0.3, 0.4) is 0 Å².